The van der Waals surface area contributed by atoms with Gasteiger partial charge >= 0.3 is 0 Å². The molecule has 0 spiro atoms. The van der Waals surface area contributed by atoms with E-state index < -0.39 is 0 Å². The first kappa shape index (κ1) is 16.5. The van der Waals surface area contributed by atoms with E-state index in [0.29, 0.717) is 12.2 Å². The Kier molecular flexibility index (Phi) is 5.21. The van der Waals surface area contributed by atoms with E-state index in [1.165, 1.54) is 0 Å². The third-order valence-electron chi connectivity index (χ3n) is 2.83. The average Bonchev–Trinajstić information content (AvgIpc) is 2.25. The lowest BCUT2D eigenvalue weighted by atomic mass is 9.81. The fourth-order valence-corrected chi connectivity index (χ4v) is 2.64. The van der Waals surface area contributed by atoms with Crippen LogP contribution in [-0.2, 0) is 0 Å². The van der Waals surface area contributed by atoms with Crippen LogP contribution in [0.1, 0.15) is 58.3 Å². The van der Waals surface area contributed by atoms with Crippen molar-refractivity contribution in [3.63, 3.8) is 0 Å². The monoisotopic (exact) mass is 277 g/mol. The molecule has 0 aliphatic rings. The van der Waals surface area contributed by atoms with E-state index >= 15 is 0 Å². The second kappa shape index (κ2) is 6.29. The maximum Gasteiger partial charge on any atom is 0.251 e. The van der Waals surface area contributed by atoms with Crippen LogP contribution < -0.4 is 10.1 Å². The highest BCUT2D eigenvalue weighted by Gasteiger charge is 2.27. The molecule has 3 heteroatoms. The van der Waals surface area contributed by atoms with Crippen molar-refractivity contribution in [2.75, 3.05) is 6.61 Å². The average molecular weight is 277 g/mol. The zero-order chi connectivity index (χ0) is 15.4. The molecule has 1 amide bonds. The summed E-state index contributed by atoms with van der Waals surface area (Å²) in [4.78, 5) is 12.3. The first-order valence-corrected chi connectivity index (χ1v) is 7.18. The van der Waals surface area contributed by atoms with Gasteiger partial charge in [-0.15, -0.1) is 0 Å². The lowest BCUT2D eigenvalue weighted by Crippen LogP contribution is -2.45. The van der Waals surface area contributed by atoms with Gasteiger partial charge in [0.25, 0.3) is 5.91 Å². The van der Waals surface area contributed by atoms with Crippen LogP contribution in [-0.4, -0.2) is 18.1 Å². The van der Waals surface area contributed by atoms with Gasteiger partial charge < -0.3 is 10.1 Å². The predicted molar refractivity (Wildman–Crippen MR) is 83.2 cm³/mol. The first-order valence-electron chi connectivity index (χ1n) is 7.18. The van der Waals surface area contributed by atoms with E-state index in [0.717, 1.165) is 12.2 Å². The Morgan fingerprint density at radius 1 is 1.20 bits per heavy atom. The van der Waals surface area contributed by atoms with Crippen molar-refractivity contribution < 1.29 is 9.53 Å². The summed E-state index contributed by atoms with van der Waals surface area (Å²) in [6.45, 7) is 13.2. The van der Waals surface area contributed by atoms with Gasteiger partial charge in [-0.05, 0) is 50.8 Å². The molecule has 3 nitrogen and oxygen atoms in total. The molecule has 1 rings (SSSR count). The van der Waals surface area contributed by atoms with Crippen LogP contribution in [0.3, 0.4) is 0 Å². The minimum Gasteiger partial charge on any atom is -0.494 e. The highest BCUT2D eigenvalue weighted by Crippen LogP contribution is 2.27. The first-order chi connectivity index (χ1) is 9.13. The standard InChI is InChI=1S/C17H27NO2/c1-7-20-14-10-8-9-13(11-14)15(19)18-17(5,6)12-16(2,3)4/h8-11H,7,12H2,1-6H3,(H,18,19). The quantitative estimate of drug-likeness (QED) is 0.882. The summed E-state index contributed by atoms with van der Waals surface area (Å²) in [6, 6.07) is 7.30. The van der Waals surface area contributed by atoms with Crippen LogP contribution >= 0.6 is 0 Å². The van der Waals surface area contributed by atoms with E-state index in [1.807, 2.05) is 25.1 Å². The van der Waals surface area contributed by atoms with Gasteiger partial charge in [0.05, 0.1) is 6.61 Å². The van der Waals surface area contributed by atoms with Gasteiger partial charge in [0.15, 0.2) is 0 Å². The van der Waals surface area contributed by atoms with Gasteiger partial charge in [0.1, 0.15) is 5.75 Å². The highest BCUT2D eigenvalue weighted by molar-refractivity contribution is 5.95. The molecule has 0 aromatic heterocycles. The minimum atomic E-state index is -0.239. The van der Waals surface area contributed by atoms with Crippen molar-refractivity contribution in [3.05, 3.63) is 29.8 Å². The maximum atomic E-state index is 12.3. The van der Waals surface area contributed by atoms with Crippen molar-refractivity contribution in [2.45, 2.75) is 53.5 Å². The molecule has 0 fully saturated rings. The zero-order valence-corrected chi connectivity index (χ0v) is 13.5. The Morgan fingerprint density at radius 3 is 2.40 bits per heavy atom. The third-order valence-corrected chi connectivity index (χ3v) is 2.83. The summed E-state index contributed by atoms with van der Waals surface area (Å²) in [5.74, 6) is 0.676. The van der Waals surface area contributed by atoms with Gasteiger partial charge in [-0.1, -0.05) is 26.8 Å². The number of ether oxygens (including phenoxy) is 1. The molecule has 1 aromatic carbocycles. The van der Waals surface area contributed by atoms with Crippen molar-refractivity contribution in [3.8, 4) is 5.75 Å². The number of benzene rings is 1. The molecule has 0 saturated carbocycles. The van der Waals surface area contributed by atoms with E-state index in [4.69, 9.17) is 4.74 Å². The number of nitrogens with one attached hydrogen (secondary N) is 1. The molecule has 0 aliphatic carbocycles. The number of hydrogen-bond acceptors (Lipinski definition) is 2. The lowest BCUT2D eigenvalue weighted by molar-refractivity contribution is 0.0891. The van der Waals surface area contributed by atoms with E-state index in [-0.39, 0.29) is 16.9 Å². The molecule has 0 saturated heterocycles. The van der Waals surface area contributed by atoms with E-state index in [1.54, 1.807) is 6.07 Å². The summed E-state index contributed by atoms with van der Waals surface area (Å²) < 4.78 is 5.43. The van der Waals surface area contributed by atoms with E-state index in [9.17, 15) is 4.79 Å². The number of carbonyl (C=O) groups is 1. The SMILES string of the molecule is CCOc1cccc(C(=O)NC(C)(C)CC(C)(C)C)c1. The molecule has 20 heavy (non-hydrogen) atoms. The van der Waals surface area contributed by atoms with Crippen LogP contribution in [0.15, 0.2) is 24.3 Å². The Hall–Kier alpha value is -1.51. The number of carbonyl (C=O) groups excluding carboxylic acids is 1. The fraction of sp³-hybridized carbons (Fsp3) is 0.588. The van der Waals surface area contributed by atoms with Crippen LogP contribution in [0.4, 0.5) is 0 Å². The largest absolute Gasteiger partial charge is 0.494 e. The summed E-state index contributed by atoms with van der Waals surface area (Å²) >= 11 is 0. The Bertz CT molecular complexity index is 458. The molecule has 0 radical (unpaired) electrons. The predicted octanol–water partition coefficient (Wildman–Crippen LogP) is 4.03. The molecule has 0 aliphatic heterocycles. The van der Waals surface area contributed by atoms with Crippen LogP contribution in [0.25, 0.3) is 0 Å². The third kappa shape index (κ3) is 5.64. The Morgan fingerprint density at radius 2 is 1.85 bits per heavy atom. The normalized spacial score (nSPS) is 12.1. The Balaban J connectivity index is 2.78. The second-order valence-electron chi connectivity index (χ2n) is 7.04. The van der Waals surface area contributed by atoms with Gasteiger partial charge in [-0.3, -0.25) is 4.79 Å². The van der Waals surface area contributed by atoms with E-state index in [2.05, 4.69) is 39.9 Å². The van der Waals surface area contributed by atoms with Gasteiger partial charge in [-0.2, -0.15) is 0 Å². The molecule has 1 N–H and O–H groups in total. The minimum absolute atomic E-state index is 0.0548. The Labute approximate surface area is 122 Å². The molecular weight excluding hydrogens is 250 g/mol. The molecule has 0 heterocycles. The number of rotatable bonds is 5. The summed E-state index contributed by atoms with van der Waals surface area (Å²) in [5, 5.41) is 3.10. The molecular formula is C17H27NO2. The number of amides is 1. The fourth-order valence-electron chi connectivity index (χ4n) is 2.64. The smallest absolute Gasteiger partial charge is 0.251 e. The lowest BCUT2D eigenvalue weighted by Gasteiger charge is -2.33. The van der Waals surface area contributed by atoms with Crippen molar-refractivity contribution >= 4 is 5.91 Å². The van der Waals surface area contributed by atoms with Crippen LogP contribution in [0.5, 0.6) is 5.75 Å². The van der Waals surface area contributed by atoms with Crippen LogP contribution in [0, 0.1) is 5.41 Å². The van der Waals surface area contributed by atoms with Gasteiger partial charge in [-0.25, -0.2) is 0 Å². The summed E-state index contributed by atoms with van der Waals surface area (Å²) in [5.41, 5.74) is 0.568. The summed E-state index contributed by atoms with van der Waals surface area (Å²) in [7, 11) is 0. The van der Waals surface area contributed by atoms with Crippen molar-refractivity contribution in [1.82, 2.24) is 5.32 Å². The molecule has 0 atom stereocenters. The van der Waals surface area contributed by atoms with Gasteiger partial charge in [0.2, 0.25) is 0 Å². The van der Waals surface area contributed by atoms with Gasteiger partial charge in [0, 0.05) is 11.1 Å². The molecule has 0 bridgehead atoms. The van der Waals surface area contributed by atoms with Crippen molar-refractivity contribution in [1.29, 1.82) is 0 Å². The second-order valence-corrected chi connectivity index (χ2v) is 7.04. The molecule has 112 valence electrons. The molecule has 0 unspecified atom stereocenters. The summed E-state index contributed by atoms with van der Waals surface area (Å²) in [6.07, 6.45) is 0.914. The zero-order valence-electron chi connectivity index (χ0n) is 13.5. The number of hydrogen-bond donors (Lipinski definition) is 1. The van der Waals surface area contributed by atoms with Crippen molar-refractivity contribution in [2.24, 2.45) is 5.41 Å². The molecule has 1 aromatic rings. The maximum absolute atomic E-state index is 12.3. The topological polar surface area (TPSA) is 38.3 Å². The highest BCUT2D eigenvalue weighted by atomic mass is 16.5. The van der Waals surface area contributed by atoms with Crippen LogP contribution in [0.2, 0.25) is 0 Å².